The summed E-state index contributed by atoms with van der Waals surface area (Å²) >= 11 is 0. The van der Waals surface area contributed by atoms with E-state index in [0.717, 1.165) is 48.1 Å². The standard InChI is InChI=1S/C29H41NO5/c1-17-9-7-8-10-24(31)20(4)28(34)29(5,6)25(32)15-26(33)35-27-19(3)22(14-21(27)13-17)23-12-11-18(2)16-30-23/h11-13,16,20-21,24-25,27,31-32H,7-10,14-15H2,1-6H3/b17-13-/t20-,21+,24+,25+,27-/m1/s1. The normalized spacial score (nSPS) is 32.6. The number of fused-ring (bicyclic) bond motifs is 1. The summed E-state index contributed by atoms with van der Waals surface area (Å²) < 4.78 is 5.97. The predicted molar refractivity (Wildman–Crippen MR) is 136 cm³/mol. The number of aliphatic hydroxyl groups excluding tert-OH is 2. The van der Waals surface area contributed by atoms with Crippen LogP contribution in [-0.4, -0.2) is 45.3 Å². The molecule has 0 saturated heterocycles. The second-order valence-electron chi connectivity index (χ2n) is 11.1. The van der Waals surface area contributed by atoms with Crippen molar-refractivity contribution in [3.63, 3.8) is 0 Å². The van der Waals surface area contributed by atoms with Crippen LogP contribution in [0.3, 0.4) is 0 Å². The maximum Gasteiger partial charge on any atom is 0.309 e. The van der Waals surface area contributed by atoms with Gasteiger partial charge in [-0.15, -0.1) is 0 Å². The van der Waals surface area contributed by atoms with Crippen molar-refractivity contribution in [3.8, 4) is 0 Å². The molecule has 0 bridgehead atoms. The molecule has 0 unspecified atom stereocenters. The fourth-order valence-corrected chi connectivity index (χ4v) is 5.26. The van der Waals surface area contributed by atoms with Crippen LogP contribution in [0.2, 0.25) is 0 Å². The minimum atomic E-state index is -1.20. The number of aryl methyl sites for hydroxylation is 1. The molecule has 1 aliphatic carbocycles. The number of nitrogens with zero attached hydrogens (tertiary/aromatic N) is 1. The Labute approximate surface area is 209 Å². The molecule has 0 saturated carbocycles. The number of ether oxygens (including phenoxy) is 1. The van der Waals surface area contributed by atoms with Crippen LogP contribution in [0.5, 0.6) is 0 Å². The maximum absolute atomic E-state index is 13.1. The second kappa shape index (κ2) is 11.2. The van der Waals surface area contributed by atoms with Crippen molar-refractivity contribution in [1.29, 1.82) is 0 Å². The Balaban J connectivity index is 1.92. The number of hydrogen-bond donors (Lipinski definition) is 2. The first-order chi connectivity index (χ1) is 16.4. The van der Waals surface area contributed by atoms with Crippen molar-refractivity contribution in [2.45, 2.75) is 98.4 Å². The lowest BCUT2D eigenvalue weighted by Crippen LogP contribution is -2.44. The summed E-state index contributed by atoms with van der Waals surface area (Å²) in [5.74, 6) is -1.40. The summed E-state index contributed by atoms with van der Waals surface area (Å²) in [6.45, 7) is 11.1. The molecule has 1 aliphatic heterocycles. The van der Waals surface area contributed by atoms with Crippen molar-refractivity contribution < 1.29 is 24.5 Å². The molecule has 192 valence electrons. The first kappa shape index (κ1) is 27.3. The fourth-order valence-electron chi connectivity index (χ4n) is 5.26. The van der Waals surface area contributed by atoms with Gasteiger partial charge in [0, 0.05) is 18.0 Å². The number of ketones is 1. The summed E-state index contributed by atoms with van der Waals surface area (Å²) in [5, 5.41) is 21.4. The molecule has 0 aromatic carbocycles. The number of Topliss-reactive ketones (excluding diaryl/α,β-unsaturated/α-hetero) is 1. The molecule has 3 rings (SSSR count). The number of aromatic nitrogens is 1. The number of pyridine rings is 1. The van der Waals surface area contributed by atoms with E-state index in [1.54, 1.807) is 20.8 Å². The van der Waals surface area contributed by atoms with Gasteiger partial charge in [0.15, 0.2) is 0 Å². The highest BCUT2D eigenvalue weighted by Gasteiger charge is 2.42. The number of aliphatic hydroxyl groups is 2. The average Bonchev–Trinajstić information content (AvgIpc) is 3.10. The molecule has 2 aliphatic rings. The number of rotatable bonds is 1. The molecule has 0 radical (unpaired) electrons. The van der Waals surface area contributed by atoms with Gasteiger partial charge in [0.1, 0.15) is 11.9 Å². The van der Waals surface area contributed by atoms with Gasteiger partial charge in [0.25, 0.3) is 0 Å². The Kier molecular flexibility index (Phi) is 8.71. The Hall–Kier alpha value is -2.31. The van der Waals surface area contributed by atoms with Crippen LogP contribution in [0.15, 0.2) is 35.6 Å². The van der Waals surface area contributed by atoms with Gasteiger partial charge in [-0.25, -0.2) is 0 Å². The molecule has 1 aromatic rings. The van der Waals surface area contributed by atoms with Crippen LogP contribution >= 0.6 is 0 Å². The molecular formula is C29H41NO5. The van der Waals surface area contributed by atoms with Crippen molar-refractivity contribution in [2.24, 2.45) is 17.3 Å². The number of allylic oxidation sites excluding steroid dienone is 2. The van der Waals surface area contributed by atoms with Gasteiger partial charge in [-0.2, -0.15) is 0 Å². The molecule has 6 heteroatoms. The summed E-state index contributed by atoms with van der Waals surface area (Å²) in [6.07, 6.45) is 5.22. The van der Waals surface area contributed by atoms with Gasteiger partial charge in [-0.3, -0.25) is 14.6 Å². The largest absolute Gasteiger partial charge is 0.457 e. The second-order valence-corrected chi connectivity index (χ2v) is 11.1. The zero-order valence-corrected chi connectivity index (χ0v) is 22.0. The summed E-state index contributed by atoms with van der Waals surface area (Å²) in [5.41, 5.74) is 4.08. The van der Waals surface area contributed by atoms with E-state index in [-0.39, 0.29) is 18.1 Å². The highest BCUT2D eigenvalue weighted by atomic mass is 16.5. The minimum Gasteiger partial charge on any atom is -0.457 e. The molecular weight excluding hydrogens is 442 g/mol. The maximum atomic E-state index is 13.1. The third-order valence-electron chi connectivity index (χ3n) is 7.85. The van der Waals surface area contributed by atoms with Crippen molar-refractivity contribution in [2.75, 3.05) is 0 Å². The van der Waals surface area contributed by atoms with Crippen molar-refractivity contribution in [1.82, 2.24) is 4.98 Å². The van der Waals surface area contributed by atoms with Crippen molar-refractivity contribution in [3.05, 3.63) is 46.8 Å². The SMILES string of the molecule is CC1=C(c2ccc(C)cn2)C[C@@H]2/C=C(/C)CCCC[C@H](O)[C@@H](C)C(=O)C(C)(C)[C@@H](O)CC(=O)O[C@H]12. The topological polar surface area (TPSA) is 96.7 Å². The molecule has 0 spiro atoms. The van der Waals surface area contributed by atoms with Crippen LogP contribution in [-0.2, 0) is 14.3 Å². The molecule has 2 N–H and O–H groups in total. The zero-order chi connectivity index (χ0) is 25.9. The Morgan fingerprint density at radius 2 is 1.77 bits per heavy atom. The first-order valence-electron chi connectivity index (χ1n) is 12.8. The minimum absolute atomic E-state index is 0.0117. The van der Waals surface area contributed by atoms with Gasteiger partial charge in [-0.1, -0.05) is 44.9 Å². The smallest absolute Gasteiger partial charge is 0.309 e. The lowest BCUT2D eigenvalue weighted by atomic mass is 9.74. The first-order valence-corrected chi connectivity index (χ1v) is 12.8. The van der Waals surface area contributed by atoms with E-state index >= 15 is 0 Å². The molecule has 0 fully saturated rings. The summed E-state index contributed by atoms with van der Waals surface area (Å²) in [6, 6.07) is 4.04. The molecule has 1 aromatic heterocycles. The van der Waals surface area contributed by atoms with E-state index in [4.69, 9.17) is 4.74 Å². The van der Waals surface area contributed by atoms with Crippen LogP contribution in [0.4, 0.5) is 0 Å². The highest BCUT2D eigenvalue weighted by Crippen LogP contribution is 2.41. The van der Waals surface area contributed by atoms with E-state index in [9.17, 15) is 19.8 Å². The van der Waals surface area contributed by atoms with E-state index in [1.807, 2.05) is 32.2 Å². The summed E-state index contributed by atoms with van der Waals surface area (Å²) in [4.78, 5) is 30.7. The number of hydrogen-bond acceptors (Lipinski definition) is 6. The van der Waals surface area contributed by atoms with Crippen LogP contribution in [0, 0.1) is 24.2 Å². The molecule has 2 heterocycles. The van der Waals surface area contributed by atoms with E-state index < -0.39 is 35.6 Å². The number of carbonyl (C=O) groups excluding carboxylic acids is 2. The van der Waals surface area contributed by atoms with Gasteiger partial charge in [0.2, 0.25) is 0 Å². The third kappa shape index (κ3) is 6.28. The van der Waals surface area contributed by atoms with Crippen LogP contribution in [0.1, 0.15) is 84.4 Å². The van der Waals surface area contributed by atoms with E-state index in [2.05, 4.69) is 18.0 Å². The quantitative estimate of drug-likeness (QED) is 0.433. The molecule has 5 atom stereocenters. The fraction of sp³-hybridized carbons (Fsp3) is 0.621. The van der Waals surface area contributed by atoms with E-state index in [0.29, 0.717) is 6.42 Å². The lowest BCUT2D eigenvalue weighted by Gasteiger charge is -2.33. The van der Waals surface area contributed by atoms with Gasteiger partial charge >= 0.3 is 5.97 Å². The van der Waals surface area contributed by atoms with Gasteiger partial charge < -0.3 is 14.9 Å². The van der Waals surface area contributed by atoms with Crippen LogP contribution in [0.25, 0.3) is 5.57 Å². The molecule has 0 amide bonds. The van der Waals surface area contributed by atoms with E-state index in [1.165, 1.54) is 5.57 Å². The predicted octanol–water partition coefficient (Wildman–Crippen LogP) is 4.96. The lowest BCUT2D eigenvalue weighted by molar-refractivity contribution is -0.155. The average molecular weight is 484 g/mol. The van der Waals surface area contributed by atoms with Gasteiger partial charge in [-0.05, 0) is 69.2 Å². The van der Waals surface area contributed by atoms with Crippen molar-refractivity contribution >= 4 is 17.3 Å². The Bertz CT molecular complexity index is 991. The Morgan fingerprint density at radius 3 is 2.43 bits per heavy atom. The zero-order valence-electron chi connectivity index (χ0n) is 22.0. The highest BCUT2D eigenvalue weighted by molar-refractivity contribution is 5.88. The molecule has 35 heavy (non-hydrogen) atoms. The molecule has 6 nitrogen and oxygen atoms in total. The third-order valence-corrected chi connectivity index (χ3v) is 7.85. The number of esters is 1. The monoisotopic (exact) mass is 483 g/mol. The Morgan fingerprint density at radius 1 is 1.06 bits per heavy atom. The van der Waals surface area contributed by atoms with Gasteiger partial charge in [0.05, 0.1) is 29.7 Å². The number of carbonyl (C=O) groups is 2. The van der Waals surface area contributed by atoms with Crippen LogP contribution < -0.4 is 0 Å². The summed E-state index contributed by atoms with van der Waals surface area (Å²) in [7, 11) is 0.